The lowest BCUT2D eigenvalue weighted by Crippen LogP contribution is -2.36. The van der Waals surface area contributed by atoms with Gasteiger partial charge in [0.25, 0.3) is 0 Å². The van der Waals surface area contributed by atoms with E-state index in [2.05, 4.69) is 147 Å². The van der Waals surface area contributed by atoms with Gasteiger partial charge in [0.2, 0.25) is 0 Å². The van der Waals surface area contributed by atoms with E-state index in [0.717, 1.165) is 60.0 Å². The van der Waals surface area contributed by atoms with Crippen molar-refractivity contribution < 1.29 is 0 Å². The van der Waals surface area contributed by atoms with Gasteiger partial charge in [-0.3, -0.25) is 0 Å². The molecule has 1 N–H and O–H groups in total. The average Bonchev–Trinajstić information content (AvgIpc) is 3.95. The van der Waals surface area contributed by atoms with Gasteiger partial charge in [-0.05, 0) is 65.3 Å². The summed E-state index contributed by atoms with van der Waals surface area (Å²) in [4.78, 5) is 8.41. The fourth-order valence-electron chi connectivity index (χ4n) is 7.28. The number of para-hydroxylation sites is 1. The van der Waals surface area contributed by atoms with E-state index < -0.39 is 5.54 Å². The first-order chi connectivity index (χ1) is 26.1. The number of benzene rings is 5. The molecule has 0 aliphatic heterocycles. The highest BCUT2D eigenvalue weighted by Crippen LogP contribution is 2.41. The van der Waals surface area contributed by atoms with Crippen molar-refractivity contribution in [1.29, 1.82) is 0 Å². The Balaban J connectivity index is 1.06. The Labute approximate surface area is 323 Å². The van der Waals surface area contributed by atoms with Crippen molar-refractivity contribution >= 4 is 45.9 Å². The number of nitrogens with one attached hydrogen (secondary N) is 1. The highest BCUT2D eigenvalue weighted by molar-refractivity contribution is 7.98. The van der Waals surface area contributed by atoms with Crippen molar-refractivity contribution in [2.75, 3.05) is 0 Å². The lowest BCUT2D eigenvalue weighted by atomic mass is 9.77. The number of rotatable bonds is 14. The van der Waals surface area contributed by atoms with Crippen molar-refractivity contribution in [2.45, 2.75) is 48.7 Å². The van der Waals surface area contributed by atoms with Gasteiger partial charge in [0.1, 0.15) is 11.4 Å². The number of hydrogen-bond donors (Lipinski definition) is 1. The zero-order valence-electron chi connectivity index (χ0n) is 29.1. The van der Waals surface area contributed by atoms with Crippen LogP contribution in [-0.2, 0) is 37.1 Å². The predicted octanol–water partition coefficient (Wildman–Crippen LogP) is 10.8. The first-order valence-electron chi connectivity index (χ1n) is 17.8. The molecular weight excluding hydrogens is 715 g/mol. The van der Waals surface area contributed by atoms with Crippen molar-refractivity contribution in [3.05, 3.63) is 202 Å². The molecule has 0 aliphatic rings. The molecule has 0 saturated carbocycles. The number of aromatic nitrogens is 6. The molecule has 0 atom stereocenters. The third-order valence-electron chi connectivity index (χ3n) is 9.85. The van der Waals surface area contributed by atoms with Crippen LogP contribution in [0.5, 0.6) is 0 Å². The predicted molar refractivity (Wildman–Crippen MR) is 217 cm³/mol. The minimum Gasteiger partial charge on any atom is -0.361 e. The molecule has 6 nitrogen and oxygen atoms in total. The molecule has 8 aromatic rings. The molecule has 0 radical (unpaired) electrons. The number of thioether (sulfide) groups is 1. The third kappa shape index (κ3) is 7.30. The molecule has 0 saturated heterocycles. The SMILES string of the molecule is Clc1ccc(CSc2nnc(CCc3c[nH]c4ccccc34)n2CCCc2cn(C(c3ccccc3)(c3ccccc3)c3ccccc3)cn2)cc1Cl. The van der Waals surface area contributed by atoms with Gasteiger partial charge in [-0.1, -0.05) is 150 Å². The summed E-state index contributed by atoms with van der Waals surface area (Å²) in [6.45, 7) is 0.772. The maximum absolute atomic E-state index is 6.34. The number of halogens is 2. The van der Waals surface area contributed by atoms with Gasteiger partial charge in [-0.2, -0.15) is 0 Å². The second kappa shape index (κ2) is 15.9. The van der Waals surface area contributed by atoms with E-state index in [4.69, 9.17) is 33.3 Å². The molecule has 8 rings (SSSR count). The van der Waals surface area contributed by atoms with Crippen molar-refractivity contribution in [1.82, 2.24) is 29.3 Å². The smallest absolute Gasteiger partial charge is 0.191 e. The van der Waals surface area contributed by atoms with Gasteiger partial charge in [0, 0.05) is 42.0 Å². The van der Waals surface area contributed by atoms with Crippen LogP contribution in [0.15, 0.2) is 157 Å². The second-order valence-corrected chi connectivity index (χ2v) is 14.9. The van der Waals surface area contributed by atoms with Crippen LogP contribution in [0.4, 0.5) is 0 Å². The molecule has 0 aliphatic carbocycles. The quantitative estimate of drug-likeness (QED) is 0.0887. The summed E-state index contributed by atoms with van der Waals surface area (Å²) in [5.41, 5.74) is 7.49. The number of fused-ring (bicyclic) bond motifs is 1. The zero-order valence-corrected chi connectivity index (χ0v) is 31.4. The van der Waals surface area contributed by atoms with E-state index in [-0.39, 0.29) is 0 Å². The lowest BCUT2D eigenvalue weighted by Gasteiger charge is -2.37. The molecular formula is C44H38Cl2N6S. The zero-order chi connectivity index (χ0) is 36.0. The first-order valence-corrected chi connectivity index (χ1v) is 19.6. The molecule has 5 aromatic carbocycles. The van der Waals surface area contributed by atoms with Gasteiger partial charge in [0.05, 0.1) is 22.1 Å². The fraction of sp³-hybridized carbons (Fsp3) is 0.159. The van der Waals surface area contributed by atoms with Crippen molar-refractivity contribution in [3.8, 4) is 0 Å². The minimum absolute atomic E-state index is 0.555. The fourth-order valence-corrected chi connectivity index (χ4v) is 8.52. The number of nitrogens with zero attached hydrogens (tertiary/aromatic N) is 5. The highest BCUT2D eigenvalue weighted by Gasteiger charge is 2.38. The van der Waals surface area contributed by atoms with E-state index in [0.29, 0.717) is 15.8 Å². The van der Waals surface area contributed by atoms with E-state index in [1.165, 1.54) is 27.6 Å². The van der Waals surface area contributed by atoms with E-state index in [9.17, 15) is 0 Å². The Kier molecular flexibility index (Phi) is 10.5. The van der Waals surface area contributed by atoms with Crippen LogP contribution in [0.25, 0.3) is 10.9 Å². The summed E-state index contributed by atoms with van der Waals surface area (Å²) in [6, 6.07) is 46.3. The van der Waals surface area contributed by atoms with Gasteiger partial charge >= 0.3 is 0 Å². The summed E-state index contributed by atoms with van der Waals surface area (Å²) in [6.07, 6.45) is 9.66. The monoisotopic (exact) mass is 752 g/mol. The minimum atomic E-state index is -0.590. The Morgan fingerprint density at radius 3 is 2.02 bits per heavy atom. The summed E-state index contributed by atoms with van der Waals surface area (Å²) in [5, 5.41) is 12.7. The van der Waals surface area contributed by atoms with Crippen LogP contribution in [0.2, 0.25) is 10.0 Å². The number of imidazole rings is 1. The largest absolute Gasteiger partial charge is 0.361 e. The number of H-pyrrole nitrogens is 1. The average molecular weight is 754 g/mol. The normalized spacial score (nSPS) is 11.7. The number of hydrogen-bond acceptors (Lipinski definition) is 4. The van der Waals surface area contributed by atoms with Crippen LogP contribution in [0.3, 0.4) is 0 Å². The van der Waals surface area contributed by atoms with Gasteiger partial charge in [-0.15, -0.1) is 10.2 Å². The molecule has 3 heterocycles. The highest BCUT2D eigenvalue weighted by atomic mass is 35.5. The molecule has 3 aromatic heterocycles. The number of aromatic amines is 1. The Morgan fingerprint density at radius 1 is 0.679 bits per heavy atom. The van der Waals surface area contributed by atoms with Gasteiger partial charge in [-0.25, -0.2) is 4.98 Å². The maximum Gasteiger partial charge on any atom is 0.191 e. The van der Waals surface area contributed by atoms with Gasteiger partial charge < -0.3 is 14.1 Å². The third-order valence-corrected chi connectivity index (χ3v) is 11.6. The van der Waals surface area contributed by atoms with Crippen LogP contribution < -0.4 is 0 Å². The molecule has 0 spiro atoms. The Bertz CT molecular complexity index is 2320. The molecule has 0 fully saturated rings. The van der Waals surface area contributed by atoms with Crippen molar-refractivity contribution in [3.63, 3.8) is 0 Å². The van der Waals surface area contributed by atoms with E-state index in [1.54, 1.807) is 11.8 Å². The van der Waals surface area contributed by atoms with Crippen LogP contribution in [0, 0.1) is 0 Å². The van der Waals surface area contributed by atoms with Crippen LogP contribution >= 0.6 is 35.0 Å². The molecule has 0 amide bonds. The lowest BCUT2D eigenvalue weighted by molar-refractivity contribution is 0.513. The van der Waals surface area contributed by atoms with E-state index in [1.807, 2.05) is 24.5 Å². The van der Waals surface area contributed by atoms with Crippen molar-refractivity contribution in [2.24, 2.45) is 0 Å². The van der Waals surface area contributed by atoms with Crippen LogP contribution in [-0.4, -0.2) is 29.3 Å². The molecule has 0 bridgehead atoms. The number of aryl methyl sites for hydroxylation is 3. The summed E-state index contributed by atoms with van der Waals surface area (Å²) >= 11 is 14.2. The maximum atomic E-state index is 6.34. The molecule has 0 unspecified atom stereocenters. The Morgan fingerprint density at radius 2 is 1.34 bits per heavy atom. The topological polar surface area (TPSA) is 64.3 Å². The molecule has 264 valence electrons. The van der Waals surface area contributed by atoms with Gasteiger partial charge in [0.15, 0.2) is 5.16 Å². The first kappa shape index (κ1) is 35.0. The standard InChI is InChI=1S/C44H38Cl2N6S/c45-39-24-22-32(27-40(39)46)30-53-43-50-49-42(25-23-33-28-47-41-21-11-10-20-38(33)41)52(43)26-12-19-37-29-51(31-48-37)44(34-13-4-1-5-14-34,35-15-6-2-7-16-35)36-17-8-3-9-18-36/h1-11,13-18,20-22,24,27-29,31,47H,12,19,23,25-26,30H2. The molecule has 53 heavy (non-hydrogen) atoms. The second-order valence-electron chi connectivity index (χ2n) is 13.1. The summed E-state index contributed by atoms with van der Waals surface area (Å²) < 4.78 is 4.57. The van der Waals surface area contributed by atoms with E-state index >= 15 is 0 Å². The summed E-state index contributed by atoms with van der Waals surface area (Å²) in [7, 11) is 0. The van der Waals surface area contributed by atoms with Crippen LogP contribution in [0.1, 0.15) is 45.8 Å². The summed E-state index contributed by atoms with van der Waals surface area (Å²) in [5.74, 6) is 1.69. The Hall–Kier alpha value is -5.08. The molecule has 9 heteroatoms.